The van der Waals surface area contributed by atoms with Crippen molar-refractivity contribution in [3.05, 3.63) is 35.8 Å². The van der Waals surface area contributed by atoms with Crippen LogP contribution in [0.4, 0.5) is 5.82 Å². The average Bonchev–Trinajstić information content (AvgIpc) is 2.87. The molecule has 0 radical (unpaired) electrons. The van der Waals surface area contributed by atoms with E-state index in [2.05, 4.69) is 15.3 Å². The highest BCUT2D eigenvalue weighted by Crippen LogP contribution is 2.60. The molecule has 0 spiro atoms. The number of hydrogen-bond donors (Lipinski definition) is 1. The lowest BCUT2D eigenvalue weighted by molar-refractivity contribution is -0.140. The Morgan fingerprint density at radius 1 is 1.06 bits per heavy atom. The predicted molar refractivity (Wildman–Crippen MR) is 132 cm³/mol. The molecule has 192 valence electrons. The van der Waals surface area contributed by atoms with E-state index in [1.807, 2.05) is 0 Å². The van der Waals surface area contributed by atoms with Gasteiger partial charge in [-0.15, -0.1) is 0 Å². The second-order valence-corrected chi connectivity index (χ2v) is 12.8. The van der Waals surface area contributed by atoms with Gasteiger partial charge in [0, 0.05) is 18.2 Å². The molecule has 7 rings (SSSR count). The normalized spacial score (nSPS) is 29.0. The number of rotatable bonds is 6. The molecule has 2 heterocycles. The van der Waals surface area contributed by atoms with E-state index in [1.165, 1.54) is 50.2 Å². The van der Waals surface area contributed by atoms with E-state index in [0.717, 1.165) is 24.8 Å². The number of methoxy groups -OCH3 is 2. The van der Waals surface area contributed by atoms with Crippen molar-refractivity contribution in [1.29, 1.82) is 0 Å². The molecule has 1 amide bonds. The Morgan fingerprint density at radius 3 is 2.39 bits per heavy atom. The molecule has 0 unspecified atom stereocenters. The fraction of sp³-hybridized carbons (Fsp3) is 0.577. The van der Waals surface area contributed by atoms with E-state index in [-0.39, 0.29) is 35.1 Å². The zero-order valence-electron chi connectivity index (χ0n) is 20.7. The van der Waals surface area contributed by atoms with Crippen molar-refractivity contribution >= 4 is 21.7 Å². The quantitative estimate of drug-likeness (QED) is 0.632. The molecular formula is C26H32N4O5S. The van der Waals surface area contributed by atoms with Crippen LogP contribution in [-0.4, -0.2) is 49.4 Å². The van der Waals surface area contributed by atoms with Crippen LogP contribution in [0.3, 0.4) is 0 Å². The number of amides is 1. The van der Waals surface area contributed by atoms with Crippen LogP contribution in [0.15, 0.2) is 29.4 Å². The lowest BCUT2D eigenvalue weighted by Crippen LogP contribution is -2.52. The van der Waals surface area contributed by atoms with Crippen molar-refractivity contribution in [3.8, 4) is 11.5 Å². The van der Waals surface area contributed by atoms with Gasteiger partial charge in [0.05, 0.1) is 31.9 Å². The molecule has 4 bridgehead atoms. The molecule has 1 aromatic heterocycles. The molecule has 0 saturated heterocycles. The van der Waals surface area contributed by atoms with E-state index in [9.17, 15) is 13.2 Å². The number of benzene rings is 1. The molecule has 10 heteroatoms. The van der Waals surface area contributed by atoms with Gasteiger partial charge in [-0.3, -0.25) is 4.79 Å². The fourth-order valence-electron chi connectivity index (χ4n) is 7.40. The van der Waals surface area contributed by atoms with Crippen LogP contribution in [0.1, 0.15) is 49.8 Å². The van der Waals surface area contributed by atoms with E-state index in [4.69, 9.17) is 9.47 Å². The van der Waals surface area contributed by atoms with Gasteiger partial charge in [0.15, 0.2) is 0 Å². The summed E-state index contributed by atoms with van der Waals surface area (Å²) in [5.41, 5.74) is 1.15. The molecule has 4 aliphatic carbocycles. The summed E-state index contributed by atoms with van der Waals surface area (Å²) in [7, 11) is -0.932. The number of fused-ring (bicyclic) bond motifs is 1. The van der Waals surface area contributed by atoms with Crippen LogP contribution in [0.2, 0.25) is 0 Å². The third-order valence-corrected chi connectivity index (χ3v) is 10.6. The molecule has 1 aliphatic heterocycles. The summed E-state index contributed by atoms with van der Waals surface area (Å²) in [5, 5.41) is 3.15. The third kappa shape index (κ3) is 3.85. The lowest BCUT2D eigenvalue weighted by atomic mass is 9.49. The van der Waals surface area contributed by atoms with Crippen molar-refractivity contribution in [2.24, 2.45) is 23.2 Å². The van der Waals surface area contributed by atoms with Gasteiger partial charge in [-0.05, 0) is 74.8 Å². The fourth-order valence-corrected chi connectivity index (χ4v) is 8.97. The first-order valence-corrected chi connectivity index (χ1v) is 14.1. The number of hydrogen-bond acceptors (Lipinski definition) is 7. The average molecular weight is 513 g/mol. The highest BCUT2D eigenvalue weighted by atomic mass is 32.2. The molecule has 1 N–H and O–H groups in total. The lowest BCUT2D eigenvalue weighted by Gasteiger charge is -2.55. The maximum absolute atomic E-state index is 13.6. The Labute approximate surface area is 211 Å². The van der Waals surface area contributed by atoms with Crippen LogP contribution < -0.4 is 14.8 Å². The highest BCUT2D eigenvalue weighted by Gasteiger charge is 2.54. The molecule has 4 saturated carbocycles. The zero-order valence-corrected chi connectivity index (χ0v) is 21.5. The molecule has 0 atom stereocenters. The number of ether oxygens (including phenoxy) is 2. The standard InChI is InChI=1S/C26H32N4O5S/c1-34-19-3-4-22(35-2)23(10-19)36(32,33)30-6-5-20-21(14-30)27-15-28-24(20)29-25(31)26-11-16-7-17(12-26)9-18(8-16)13-26/h3-4,10,15-18H,5-9,11-14H2,1-2H3,(H,27,28,29,31). The zero-order chi connectivity index (χ0) is 25.1. The van der Waals surface area contributed by atoms with E-state index in [0.29, 0.717) is 41.4 Å². The summed E-state index contributed by atoms with van der Waals surface area (Å²) in [5.74, 6) is 3.32. The Balaban J connectivity index is 1.24. The molecule has 2 aromatic rings. The van der Waals surface area contributed by atoms with Crippen LogP contribution in [0, 0.1) is 23.2 Å². The smallest absolute Gasteiger partial charge is 0.247 e. The number of sulfonamides is 1. The Bertz CT molecular complexity index is 1280. The van der Waals surface area contributed by atoms with Gasteiger partial charge in [0.1, 0.15) is 28.5 Å². The summed E-state index contributed by atoms with van der Waals surface area (Å²) >= 11 is 0. The van der Waals surface area contributed by atoms with Crippen molar-refractivity contribution < 1.29 is 22.7 Å². The Morgan fingerprint density at radius 2 is 1.75 bits per heavy atom. The summed E-state index contributed by atoms with van der Waals surface area (Å²) in [6.45, 7) is 0.351. The van der Waals surface area contributed by atoms with Crippen molar-refractivity contribution in [2.75, 3.05) is 26.1 Å². The topological polar surface area (TPSA) is 111 Å². The maximum atomic E-state index is 13.6. The summed E-state index contributed by atoms with van der Waals surface area (Å²) < 4.78 is 39.0. The second kappa shape index (κ2) is 8.69. The van der Waals surface area contributed by atoms with E-state index < -0.39 is 10.0 Å². The van der Waals surface area contributed by atoms with Crippen LogP contribution in [0.25, 0.3) is 0 Å². The minimum absolute atomic E-state index is 0.0530. The van der Waals surface area contributed by atoms with Gasteiger partial charge in [-0.25, -0.2) is 18.4 Å². The van der Waals surface area contributed by atoms with Crippen LogP contribution in [-0.2, 0) is 27.8 Å². The first kappa shape index (κ1) is 23.7. The van der Waals surface area contributed by atoms with Gasteiger partial charge < -0.3 is 14.8 Å². The Kier molecular flexibility index (Phi) is 5.71. The van der Waals surface area contributed by atoms with Crippen LogP contribution >= 0.6 is 0 Å². The van der Waals surface area contributed by atoms with Crippen LogP contribution in [0.5, 0.6) is 11.5 Å². The number of nitrogens with one attached hydrogen (secondary N) is 1. The maximum Gasteiger partial charge on any atom is 0.247 e. The molecule has 5 aliphatic rings. The summed E-state index contributed by atoms with van der Waals surface area (Å²) in [6, 6.07) is 4.72. The van der Waals surface area contributed by atoms with Crippen molar-refractivity contribution in [2.45, 2.75) is 56.4 Å². The SMILES string of the molecule is COc1ccc(OC)c(S(=O)(=O)N2CCc3c(ncnc3NC(=O)C34CC5CC(CC(C5)C3)C4)C2)c1. The van der Waals surface area contributed by atoms with E-state index in [1.54, 1.807) is 12.1 Å². The molecule has 1 aromatic carbocycles. The van der Waals surface area contributed by atoms with Crippen molar-refractivity contribution in [3.63, 3.8) is 0 Å². The minimum Gasteiger partial charge on any atom is -0.497 e. The number of carbonyl (C=O) groups excluding carboxylic acids is 1. The van der Waals surface area contributed by atoms with Gasteiger partial charge in [-0.2, -0.15) is 4.31 Å². The first-order valence-electron chi connectivity index (χ1n) is 12.7. The molecular weight excluding hydrogens is 480 g/mol. The van der Waals surface area contributed by atoms with Gasteiger partial charge in [-0.1, -0.05) is 0 Å². The summed E-state index contributed by atoms with van der Waals surface area (Å²) in [4.78, 5) is 22.4. The molecule has 36 heavy (non-hydrogen) atoms. The number of aromatic nitrogens is 2. The number of carbonyl (C=O) groups is 1. The second-order valence-electron chi connectivity index (χ2n) is 10.9. The third-order valence-electron chi connectivity index (χ3n) is 8.71. The molecule has 4 fully saturated rings. The molecule has 9 nitrogen and oxygen atoms in total. The minimum atomic E-state index is -3.87. The van der Waals surface area contributed by atoms with E-state index >= 15 is 0 Å². The highest BCUT2D eigenvalue weighted by molar-refractivity contribution is 7.89. The number of nitrogens with zero attached hydrogens (tertiary/aromatic N) is 3. The monoisotopic (exact) mass is 512 g/mol. The largest absolute Gasteiger partial charge is 0.497 e. The Hall–Kier alpha value is -2.72. The van der Waals surface area contributed by atoms with Gasteiger partial charge in [0.25, 0.3) is 0 Å². The number of anilines is 1. The van der Waals surface area contributed by atoms with Gasteiger partial charge >= 0.3 is 0 Å². The first-order chi connectivity index (χ1) is 17.3. The van der Waals surface area contributed by atoms with Gasteiger partial charge in [0.2, 0.25) is 15.9 Å². The predicted octanol–water partition coefficient (Wildman–Crippen LogP) is 3.40. The van der Waals surface area contributed by atoms with Crippen molar-refractivity contribution in [1.82, 2.24) is 14.3 Å². The summed E-state index contributed by atoms with van der Waals surface area (Å²) in [6.07, 6.45) is 8.59.